The molecule has 1 saturated heterocycles. The second-order valence-electron chi connectivity index (χ2n) is 10.7. The van der Waals surface area contributed by atoms with Crippen molar-refractivity contribution >= 4 is 24.2 Å². The molecule has 8 unspecified atom stereocenters. The molecule has 1 heterocycles. The number of nitrogens with zero attached hydrogens (tertiary/aromatic N) is 4. The molecule has 8 nitrogen and oxygen atoms in total. The Balaban J connectivity index is 1.05. The van der Waals surface area contributed by atoms with Gasteiger partial charge in [0, 0.05) is 13.1 Å². The summed E-state index contributed by atoms with van der Waals surface area (Å²) >= 11 is 0. The molecule has 0 radical (unpaired) electrons. The first-order chi connectivity index (χ1) is 15.6. The molecule has 0 spiro atoms. The van der Waals surface area contributed by atoms with Crippen molar-refractivity contribution in [2.75, 3.05) is 26.2 Å². The van der Waals surface area contributed by atoms with E-state index in [9.17, 15) is 19.2 Å². The van der Waals surface area contributed by atoms with Crippen molar-refractivity contribution in [2.45, 2.75) is 51.4 Å². The second-order valence-corrected chi connectivity index (χ2v) is 10.7. The van der Waals surface area contributed by atoms with Gasteiger partial charge >= 0.3 is 12.1 Å². The maximum Gasteiger partial charge on any atom is 0.336 e. The zero-order chi connectivity index (χ0) is 22.2. The van der Waals surface area contributed by atoms with E-state index in [-0.39, 0.29) is 12.1 Å². The lowest BCUT2D eigenvalue weighted by Crippen LogP contribution is -2.64. The van der Waals surface area contributed by atoms with Crippen molar-refractivity contribution in [3.8, 4) is 0 Å². The summed E-state index contributed by atoms with van der Waals surface area (Å²) in [6.45, 7) is 2.22. The maximum atomic E-state index is 12.6. The lowest BCUT2D eigenvalue weighted by Gasteiger charge is -2.40. The van der Waals surface area contributed by atoms with Crippen molar-refractivity contribution in [3.63, 3.8) is 0 Å². The molecule has 8 heteroatoms. The Bertz CT molecular complexity index is 848. The highest BCUT2D eigenvalue weighted by Gasteiger charge is 2.50. The molecular weight excluding hydrogens is 408 g/mol. The minimum absolute atomic E-state index is 0.135. The van der Waals surface area contributed by atoms with Gasteiger partial charge in [-0.3, -0.25) is 0 Å². The van der Waals surface area contributed by atoms with E-state index >= 15 is 0 Å². The minimum Gasteiger partial charge on any atom is -0.247 e. The van der Waals surface area contributed by atoms with Crippen LogP contribution in [0.2, 0.25) is 0 Å². The van der Waals surface area contributed by atoms with E-state index < -0.39 is 0 Å². The Kier molecular flexibility index (Phi) is 6.00. The number of rotatable bonds is 10. The zero-order valence-electron chi connectivity index (χ0n) is 18.5. The van der Waals surface area contributed by atoms with Gasteiger partial charge in [0.15, 0.2) is 0 Å². The van der Waals surface area contributed by atoms with Gasteiger partial charge in [-0.1, -0.05) is 0 Å². The Morgan fingerprint density at radius 2 is 1.31 bits per heavy atom. The monoisotopic (exact) mass is 440 g/mol. The molecule has 5 aliphatic rings. The molecule has 0 aromatic carbocycles. The van der Waals surface area contributed by atoms with Crippen LogP contribution in [0, 0.1) is 47.3 Å². The van der Waals surface area contributed by atoms with Gasteiger partial charge in [0.2, 0.25) is 12.2 Å². The van der Waals surface area contributed by atoms with E-state index in [0.717, 1.165) is 32.1 Å². The van der Waals surface area contributed by atoms with E-state index in [1.165, 1.54) is 29.1 Å². The van der Waals surface area contributed by atoms with E-state index in [4.69, 9.17) is 0 Å². The first kappa shape index (κ1) is 21.5. The van der Waals surface area contributed by atoms with E-state index in [1.54, 1.807) is 12.2 Å². The smallest absolute Gasteiger partial charge is 0.247 e. The molecule has 4 bridgehead atoms. The zero-order valence-corrected chi connectivity index (χ0v) is 18.5. The predicted molar refractivity (Wildman–Crippen MR) is 115 cm³/mol. The van der Waals surface area contributed by atoms with Gasteiger partial charge in [-0.25, -0.2) is 39.0 Å². The Morgan fingerprint density at radius 1 is 0.719 bits per heavy atom. The SMILES string of the molecule is O=C=NCC1CC2CC1CC2CCN1C(=O)N(CCC2C3CCC2C(CN=C=O)C3)C1=O. The standard InChI is InChI=1S/C24H32N4O4/c29-13-25-11-19-10-17-9-18(19)7-15(17)3-5-27-23(31)28(24(27)32)6-4-22-16-1-2-21(22)20(8-16)12-26-14-30/h15-22H,1-12H2. The van der Waals surface area contributed by atoms with Crippen LogP contribution in [0.3, 0.4) is 0 Å². The highest BCUT2D eigenvalue weighted by molar-refractivity contribution is 6.11. The summed E-state index contributed by atoms with van der Waals surface area (Å²) in [4.78, 5) is 56.5. The maximum absolute atomic E-state index is 12.6. The van der Waals surface area contributed by atoms with Crippen LogP contribution in [-0.2, 0) is 9.59 Å². The van der Waals surface area contributed by atoms with Crippen LogP contribution in [-0.4, -0.2) is 60.2 Å². The lowest BCUT2D eigenvalue weighted by molar-refractivity contribution is 0.0962. The molecule has 0 aromatic heterocycles. The molecule has 32 heavy (non-hydrogen) atoms. The summed E-state index contributed by atoms with van der Waals surface area (Å²) in [5, 5.41) is 0. The Hall–Kier alpha value is -2.30. The highest BCUT2D eigenvalue weighted by atomic mass is 16.2. The third-order valence-electron chi connectivity index (χ3n) is 9.50. The van der Waals surface area contributed by atoms with Crippen molar-refractivity contribution < 1.29 is 19.2 Å². The van der Waals surface area contributed by atoms with Crippen LogP contribution in [0.1, 0.15) is 51.4 Å². The lowest BCUT2D eigenvalue weighted by atomic mass is 9.80. The van der Waals surface area contributed by atoms with Crippen LogP contribution < -0.4 is 0 Å². The van der Waals surface area contributed by atoms with E-state index in [2.05, 4.69) is 9.98 Å². The second kappa shape index (κ2) is 8.92. The number of carbonyl (C=O) groups is 2. The first-order valence-electron chi connectivity index (χ1n) is 12.3. The molecule has 1 aliphatic heterocycles. The predicted octanol–water partition coefficient (Wildman–Crippen LogP) is 3.62. The summed E-state index contributed by atoms with van der Waals surface area (Å²) in [7, 11) is 0. The Morgan fingerprint density at radius 3 is 1.97 bits per heavy atom. The van der Waals surface area contributed by atoms with Gasteiger partial charge in [0.05, 0.1) is 13.1 Å². The largest absolute Gasteiger partial charge is 0.336 e. The molecule has 4 aliphatic carbocycles. The molecule has 5 fully saturated rings. The molecule has 5 rings (SSSR count). The first-order valence-corrected chi connectivity index (χ1v) is 12.3. The quantitative estimate of drug-likeness (QED) is 0.383. The van der Waals surface area contributed by atoms with Gasteiger partial charge in [0.1, 0.15) is 0 Å². The normalized spacial score (nSPS) is 39.2. The number of hydrogen-bond donors (Lipinski definition) is 0. The van der Waals surface area contributed by atoms with Crippen LogP contribution in [0.5, 0.6) is 0 Å². The third-order valence-corrected chi connectivity index (χ3v) is 9.50. The number of imide groups is 2. The van der Waals surface area contributed by atoms with E-state index in [0.29, 0.717) is 73.5 Å². The third kappa shape index (κ3) is 3.74. The Labute approximate surface area is 188 Å². The number of fused-ring (bicyclic) bond motifs is 4. The van der Waals surface area contributed by atoms with Gasteiger partial charge in [-0.05, 0) is 98.7 Å². The van der Waals surface area contributed by atoms with Crippen LogP contribution >= 0.6 is 0 Å². The molecular formula is C24H32N4O4. The molecule has 4 saturated carbocycles. The van der Waals surface area contributed by atoms with Gasteiger partial charge in [-0.15, -0.1) is 0 Å². The van der Waals surface area contributed by atoms with Crippen LogP contribution in [0.25, 0.3) is 0 Å². The van der Waals surface area contributed by atoms with Crippen molar-refractivity contribution in [3.05, 3.63) is 0 Å². The molecule has 172 valence electrons. The number of amides is 4. The van der Waals surface area contributed by atoms with E-state index in [1.807, 2.05) is 0 Å². The highest BCUT2D eigenvalue weighted by Crippen LogP contribution is 2.55. The summed E-state index contributed by atoms with van der Waals surface area (Å²) in [6, 6.07) is -0.271. The number of urea groups is 2. The number of isocyanates is 2. The van der Waals surface area contributed by atoms with Crippen molar-refractivity contribution in [2.24, 2.45) is 57.3 Å². The van der Waals surface area contributed by atoms with Gasteiger partial charge in [-0.2, -0.15) is 0 Å². The van der Waals surface area contributed by atoms with Crippen molar-refractivity contribution in [1.29, 1.82) is 0 Å². The van der Waals surface area contributed by atoms with Crippen molar-refractivity contribution in [1.82, 2.24) is 9.80 Å². The molecule has 0 aromatic rings. The average Bonchev–Trinajstić information content (AvgIpc) is 3.56. The number of carbonyl (C=O) groups excluding carboxylic acids is 4. The number of hydrogen-bond acceptors (Lipinski definition) is 6. The van der Waals surface area contributed by atoms with Crippen LogP contribution in [0.4, 0.5) is 9.59 Å². The van der Waals surface area contributed by atoms with Gasteiger partial charge in [0.25, 0.3) is 0 Å². The summed E-state index contributed by atoms with van der Waals surface area (Å²) in [5.41, 5.74) is 0. The fraction of sp³-hybridized carbons (Fsp3) is 0.833. The summed E-state index contributed by atoms with van der Waals surface area (Å²) < 4.78 is 0. The fourth-order valence-electron chi connectivity index (χ4n) is 8.05. The summed E-state index contributed by atoms with van der Waals surface area (Å²) in [5.74, 6) is 4.58. The molecule has 0 N–H and O–H groups in total. The van der Waals surface area contributed by atoms with Crippen LogP contribution in [0.15, 0.2) is 9.98 Å². The molecule has 8 atom stereocenters. The summed E-state index contributed by atoms with van der Waals surface area (Å²) in [6.07, 6.45) is 12.0. The van der Waals surface area contributed by atoms with Gasteiger partial charge < -0.3 is 0 Å². The minimum atomic E-state index is -0.135. The topological polar surface area (TPSA) is 99.5 Å². The molecule has 4 amide bonds. The number of aliphatic imine (C=N–C) groups is 2. The fourth-order valence-corrected chi connectivity index (χ4v) is 8.05. The average molecular weight is 441 g/mol.